The van der Waals surface area contributed by atoms with Crippen LogP contribution in [0.15, 0.2) is 0 Å². The van der Waals surface area contributed by atoms with Crippen LogP contribution < -0.4 is 0 Å². The van der Waals surface area contributed by atoms with Crippen molar-refractivity contribution in [1.82, 2.24) is 4.67 Å². The van der Waals surface area contributed by atoms with Crippen LogP contribution in [0.25, 0.3) is 4.85 Å². The summed E-state index contributed by atoms with van der Waals surface area (Å²) < 4.78 is 15.0. The van der Waals surface area contributed by atoms with Crippen LogP contribution in [0, 0.1) is 18.4 Å². The van der Waals surface area contributed by atoms with Crippen molar-refractivity contribution in [1.29, 1.82) is 0 Å². The molecule has 1 fully saturated rings. The Morgan fingerprint density at radius 2 is 1.83 bits per heavy atom. The maximum absolute atomic E-state index is 12.7. The Balaban J connectivity index is 2.73. The number of nitrogens with zero attached hydrogens (tertiary/aromatic N) is 2. The molecule has 0 heterocycles. The number of Topliss-reactive ketones (excluding diaryl/α,β-unsaturated/α-hetero) is 1. The third-order valence-corrected chi connectivity index (χ3v) is 8.20. The molecule has 1 saturated carbocycles. The number of carbonyl (C=O) groups is 1. The highest BCUT2D eigenvalue weighted by Gasteiger charge is 2.37. The largest absolute Gasteiger partial charge is 0.318 e. The van der Waals surface area contributed by atoms with E-state index in [1.54, 1.807) is 0 Å². The second kappa shape index (κ2) is 15.3. The first-order chi connectivity index (χ1) is 14.3. The fourth-order valence-corrected chi connectivity index (χ4v) is 6.24. The van der Waals surface area contributed by atoms with Gasteiger partial charge in [0.05, 0.1) is 6.10 Å². The molecule has 174 valence electrons. The van der Waals surface area contributed by atoms with Gasteiger partial charge in [-0.15, -0.1) is 0 Å². The van der Waals surface area contributed by atoms with E-state index >= 15 is 0 Å². The van der Waals surface area contributed by atoms with Crippen LogP contribution in [-0.4, -0.2) is 41.8 Å². The Morgan fingerprint density at radius 3 is 2.40 bits per heavy atom. The van der Waals surface area contributed by atoms with Crippen molar-refractivity contribution < 1.29 is 13.8 Å². The molecule has 5 nitrogen and oxygen atoms in total. The summed E-state index contributed by atoms with van der Waals surface area (Å²) in [7, 11) is -1.21. The highest BCUT2D eigenvalue weighted by molar-refractivity contribution is 7.44. The zero-order valence-electron chi connectivity index (χ0n) is 20.2. The van der Waals surface area contributed by atoms with Crippen molar-refractivity contribution in [2.45, 2.75) is 118 Å². The molecule has 0 aromatic heterocycles. The van der Waals surface area contributed by atoms with Gasteiger partial charge in [-0.1, -0.05) is 39.5 Å². The summed E-state index contributed by atoms with van der Waals surface area (Å²) in [5.74, 6) is 1.07. The van der Waals surface area contributed by atoms with E-state index < -0.39 is 8.53 Å². The average molecular weight is 441 g/mol. The predicted octanol–water partition coefficient (Wildman–Crippen LogP) is 7.02. The van der Waals surface area contributed by atoms with Gasteiger partial charge in [0, 0.05) is 24.4 Å². The first-order valence-corrected chi connectivity index (χ1v) is 13.2. The highest BCUT2D eigenvalue weighted by Crippen LogP contribution is 2.50. The fraction of sp³-hybridized carbons (Fsp3) is 0.917. The summed E-state index contributed by atoms with van der Waals surface area (Å²) in [4.78, 5) is 16.1. The standard InChI is InChI=1S/C24H45N2O3P/c1-8-10-11-12-13-23(27)22-14-15-24(21(9-2)18-22)29-30(28-17-16-25-7)26(19(3)4)20(5)6/h19-22,24H,8-18H2,1-6H3/t21-,22?,24+,30?/m1/s1. The van der Waals surface area contributed by atoms with E-state index in [0.717, 1.165) is 38.5 Å². The summed E-state index contributed by atoms with van der Waals surface area (Å²) in [5.41, 5.74) is 0. The lowest BCUT2D eigenvalue weighted by Crippen LogP contribution is -2.38. The van der Waals surface area contributed by atoms with Gasteiger partial charge < -0.3 is 13.9 Å². The molecular formula is C24H45N2O3P. The van der Waals surface area contributed by atoms with E-state index in [2.05, 4.69) is 51.1 Å². The van der Waals surface area contributed by atoms with E-state index in [4.69, 9.17) is 15.6 Å². The summed E-state index contributed by atoms with van der Waals surface area (Å²) in [5, 5.41) is 0. The molecule has 0 radical (unpaired) electrons. The van der Waals surface area contributed by atoms with Crippen molar-refractivity contribution in [2.24, 2.45) is 11.8 Å². The molecule has 4 atom stereocenters. The minimum absolute atomic E-state index is 0.137. The quantitative estimate of drug-likeness (QED) is 0.156. The van der Waals surface area contributed by atoms with Crippen LogP contribution in [0.4, 0.5) is 0 Å². The van der Waals surface area contributed by atoms with Gasteiger partial charge in [-0.2, -0.15) is 0 Å². The summed E-state index contributed by atoms with van der Waals surface area (Å²) in [6.45, 7) is 20.9. The van der Waals surface area contributed by atoms with Gasteiger partial charge in [0.1, 0.15) is 12.4 Å². The van der Waals surface area contributed by atoms with Crippen LogP contribution in [0.2, 0.25) is 0 Å². The van der Waals surface area contributed by atoms with Crippen molar-refractivity contribution in [2.75, 3.05) is 13.2 Å². The Bertz CT molecular complexity index is 513. The fourth-order valence-electron chi connectivity index (χ4n) is 4.43. The molecule has 0 aromatic rings. The minimum Gasteiger partial charge on any atom is -0.318 e. The molecule has 1 rings (SSSR count). The monoisotopic (exact) mass is 440 g/mol. The summed E-state index contributed by atoms with van der Waals surface area (Å²) in [6.07, 6.45) is 9.36. The Hall–Kier alpha value is -0.530. The number of ketones is 1. The van der Waals surface area contributed by atoms with Crippen molar-refractivity contribution in [3.8, 4) is 0 Å². The number of hydrogen-bond donors (Lipinski definition) is 0. The van der Waals surface area contributed by atoms with Gasteiger partial charge in [0.25, 0.3) is 8.53 Å². The second-order valence-electron chi connectivity index (χ2n) is 9.12. The topological polar surface area (TPSA) is 43.1 Å². The van der Waals surface area contributed by atoms with Crippen LogP contribution in [0.5, 0.6) is 0 Å². The molecular weight excluding hydrogens is 395 g/mol. The van der Waals surface area contributed by atoms with E-state index in [0.29, 0.717) is 36.9 Å². The average Bonchev–Trinajstić information content (AvgIpc) is 2.70. The molecule has 0 aromatic carbocycles. The first-order valence-electron chi connectivity index (χ1n) is 12.1. The summed E-state index contributed by atoms with van der Waals surface area (Å²) >= 11 is 0. The lowest BCUT2D eigenvalue weighted by molar-refractivity contribution is -0.125. The molecule has 1 aliphatic carbocycles. The van der Waals surface area contributed by atoms with Crippen molar-refractivity contribution in [3.63, 3.8) is 0 Å². The molecule has 2 unspecified atom stereocenters. The number of carbonyl (C=O) groups excluding carboxylic acids is 1. The van der Waals surface area contributed by atoms with E-state index in [1.807, 2.05) is 0 Å². The predicted molar refractivity (Wildman–Crippen MR) is 126 cm³/mol. The van der Waals surface area contributed by atoms with Gasteiger partial charge in [-0.25, -0.2) is 11.2 Å². The Kier molecular flexibility index (Phi) is 14.0. The lowest BCUT2D eigenvalue weighted by Gasteiger charge is -2.41. The van der Waals surface area contributed by atoms with E-state index in [1.165, 1.54) is 19.3 Å². The SMILES string of the molecule is [C-]#[N+]CCOP(O[C@H]1CCC(C(=O)CCCCCC)C[C@H]1CC)N(C(C)C)C(C)C. The van der Waals surface area contributed by atoms with Crippen LogP contribution in [-0.2, 0) is 13.8 Å². The van der Waals surface area contributed by atoms with Crippen LogP contribution in [0.1, 0.15) is 99.3 Å². The number of unbranched alkanes of at least 4 members (excludes halogenated alkanes) is 3. The van der Waals surface area contributed by atoms with Crippen molar-refractivity contribution >= 4 is 14.3 Å². The molecule has 0 aliphatic heterocycles. The van der Waals surface area contributed by atoms with E-state index in [-0.39, 0.29) is 12.0 Å². The summed E-state index contributed by atoms with van der Waals surface area (Å²) in [6, 6.07) is 0.621. The molecule has 0 spiro atoms. The molecule has 0 N–H and O–H groups in total. The molecule has 30 heavy (non-hydrogen) atoms. The molecule has 0 bridgehead atoms. The third kappa shape index (κ3) is 9.31. The molecule has 6 heteroatoms. The van der Waals surface area contributed by atoms with Crippen LogP contribution in [0.3, 0.4) is 0 Å². The molecule has 0 saturated heterocycles. The number of rotatable bonds is 15. The van der Waals surface area contributed by atoms with Gasteiger partial charge in [0.2, 0.25) is 6.54 Å². The molecule has 1 aliphatic rings. The first kappa shape index (κ1) is 27.5. The Labute approximate surface area is 187 Å². The minimum atomic E-state index is -1.21. The van der Waals surface area contributed by atoms with Gasteiger partial charge in [-0.3, -0.25) is 4.79 Å². The Morgan fingerprint density at radius 1 is 1.13 bits per heavy atom. The second-order valence-corrected chi connectivity index (χ2v) is 10.5. The number of hydrogen-bond acceptors (Lipinski definition) is 4. The van der Waals surface area contributed by atoms with Gasteiger partial charge >= 0.3 is 0 Å². The van der Waals surface area contributed by atoms with E-state index in [9.17, 15) is 4.79 Å². The van der Waals surface area contributed by atoms with Crippen LogP contribution >= 0.6 is 8.53 Å². The maximum atomic E-state index is 12.7. The lowest BCUT2D eigenvalue weighted by atomic mass is 9.76. The highest BCUT2D eigenvalue weighted by atomic mass is 31.2. The smallest absolute Gasteiger partial charge is 0.259 e. The third-order valence-electron chi connectivity index (χ3n) is 6.05. The zero-order chi connectivity index (χ0) is 22.5. The normalized spacial score (nSPS) is 23.1. The zero-order valence-corrected chi connectivity index (χ0v) is 21.1. The van der Waals surface area contributed by atoms with Gasteiger partial charge in [0.15, 0.2) is 0 Å². The van der Waals surface area contributed by atoms with Gasteiger partial charge in [-0.05, 0) is 59.3 Å². The molecule has 0 amide bonds. The maximum Gasteiger partial charge on any atom is 0.259 e. The van der Waals surface area contributed by atoms with Crippen molar-refractivity contribution in [3.05, 3.63) is 11.4 Å².